The summed E-state index contributed by atoms with van der Waals surface area (Å²) in [4.78, 5) is 50.6. The number of imide groups is 1. The van der Waals surface area contributed by atoms with E-state index in [2.05, 4.69) is 5.32 Å². The standard InChI is InChI=1S/C21H31N3O4.C2H6.CH4.H2/c25-18(23-13-4-14-23)5-2-1-3-12-22-21(28)17-8-6-16(7-9-17)15-24-19(26)10-11-20(24)27;1-2;;/h10-11,16-17H,1-9,12-15H2,(H,22,28);1-2H3;1H4;1H. The molecule has 7 heteroatoms. The first-order valence-corrected chi connectivity index (χ1v) is 11.6. The van der Waals surface area contributed by atoms with E-state index in [1.165, 1.54) is 17.1 Å². The van der Waals surface area contributed by atoms with Crippen LogP contribution in [-0.2, 0) is 19.2 Å². The van der Waals surface area contributed by atoms with Crippen LogP contribution in [0.4, 0.5) is 0 Å². The second-order valence-corrected chi connectivity index (χ2v) is 8.17. The Morgan fingerprint density at radius 1 is 1.00 bits per heavy atom. The Kier molecular flexibility index (Phi) is 12.1. The Bertz CT molecular complexity index is 623. The van der Waals surface area contributed by atoms with Gasteiger partial charge in [0, 0.05) is 52.1 Å². The van der Waals surface area contributed by atoms with Crippen molar-refractivity contribution in [2.24, 2.45) is 11.8 Å². The third-order valence-corrected chi connectivity index (χ3v) is 6.13. The summed E-state index contributed by atoms with van der Waals surface area (Å²) in [5, 5.41) is 3.02. The summed E-state index contributed by atoms with van der Waals surface area (Å²) < 4.78 is 0. The number of hydrogen-bond acceptors (Lipinski definition) is 4. The van der Waals surface area contributed by atoms with Crippen LogP contribution >= 0.6 is 0 Å². The molecular weight excluding hydrogens is 394 g/mol. The van der Waals surface area contributed by atoms with E-state index < -0.39 is 0 Å². The first-order chi connectivity index (χ1) is 14.5. The number of rotatable bonds is 9. The van der Waals surface area contributed by atoms with Crippen LogP contribution in [-0.4, -0.2) is 59.6 Å². The van der Waals surface area contributed by atoms with Gasteiger partial charge in [-0.25, -0.2) is 0 Å². The van der Waals surface area contributed by atoms with Gasteiger partial charge in [-0.1, -0.05) is 27.7 Å². The van der Waals surface area contributed by atoms with Crippen LogP contribution in [0.2, 0.25) is 0 Å². The summed E-state index contributed by atoms with van der Waals surface area (Å²) in [5.41, 5.74) is 0. The first-order valence-electron chi connectivity index (χ1n) is 11.6. The molecule has 0 spiro atoms. The minimum Gasteiger partial charge on any atom is -0.356 e. The van der Waals surface area contributed by atoms with Crippen LogP contribution in [0.1, 0.15) is 80.5 Å². The zero-order valence-electron chi connectivity index (χ0n) is 18.5. The van der Waals surface area contributed by atoms with Gasteiger partial charge in [-0.05, 0) is 50.9 Å². The lowest BCUT2D eigenvalue weighted by molar-refractivity contribution is -0.138. The number of nitrogens with one attached hydrogen (secondary N) is 1. The van der Waals surface area contributed by atoms with E-state index in [1.807, 2.05) is 18.7 Å². The van der Waals surface area contributed by atoms with Crippen molar-refractivity contribution in [2.45, 2.75) is 79.1 Å². The SMILES string of the molecule is C.CC.O=C(NCCCCCC(=O)N1CCC1)C1CCC(CN2C(=O)C=CC2=O)CC1.[HH]. The second-order valence-electron chi connectivity index (χ2n) is 8.17. The van der Waals surface area contributed by atoms with Crippen LogP contribution in [0.15, 0.2) is 12.2 Å². The molecule has 0 radical (unpaired) electrons. The first kappa shape index (κ1) is 26.9. The molecule has 4 amide bonds. The minimum absolute atomic E-state index is 0. The number of nitrogens with zero attached hydrogens (tertiary/aromatic N) is 2. The molecule has 3 aliphatic rings. The Balaban J connectivity index is 0.00000234. The fourth-order valence-electron chi connectivity index (χ4n) is 4.13. The fourth-order valence-corrected chi connectivity index (χ4v) is 4.13. The molecule has 0 aromatic carbocycles. The molecule has 1 saturated heterocycles. The normalized spacial score (nSPS) is 22.3. The smallest absolute Gasteiger partial charge is 0.253 e. The summed E-state index contributed by atoms with van der Waals surface area (Å²) >= 11 is 0. The lowest BCUT2D eigenvalue weighted by Crippen LogP contribution is -2.41. The third-order valence-electron chi connectivity index (χ3n) is 6.13. The quantitative estimate of drug-likeness (QED) is 0.441. The maximum Gasteiger partial charge on any atom is 0.253 e. The Morgan fingerprint density at radius 3 is 2.16 bits per heavy atom. The Labute approximate surface area is 189 Å². The van der Waals surface area contributed by atoms with Crippen LogP contribution in [0.5, 0.6) is 0 Å². The molecule has 0 atom stereocenters. The number of unbranched alkanes of at least 4 members (excludes halogenated alkanes) is 2. The molecule has 2 aliphatic heterocycles. The summed E-state index contributed by atoms with van der Waals surface area (Å²) in [6, 6.07) is 0. The highest BCUT2D eigenvalue weighted by atomic mass is 16.2. The van der Waals surface area contributed by atoms with Gasteiger partial charge < -0.3 is 10.2 Å². The van der Waals surface area contributed by atoms with Crippen LogP contribution in [0, 0.1) is 11.8 Å². The van der Waals surface area contributed by atoms with Gasteiger partial charge in [0.2, 0.25) is 11.8 Å². The molecule has 2 heterocycles. The molecular formula is C24H43N3O4. The molecule has 2 fully saturated rings. The third kappa shape index (κ3) is 8.11. The molecule has 0 aromatic heterocycles. The topological polar surface area (TPSA) is 86.8 Å². The number of carbonyl (C=O) groups is 4. The summed E-state index contributed by atoms with van der Waals surface area (Å²) in [7, 11) is 0. The molecule has 1 N–H and O–H groups in total. The molecule has 178 valence electrons. The van der Waals surface area contributed by atoms with Crippen molar-refractivity contribution in [1.29, 1.82) is 0 Å². The van der Waals surface area contributed by atoms with E-state index >= 15 is 0 Å². The van der Waals surface area contributed by atoms with Crippen molar-refractivity contribution in [3.05, 3.63) is 12.2 Å². The van der Waals surface area contributed by atoms with E-state index in [4.69, 9.17) is 0 Å². The van der Waals surface area contributed by atoms with Gasteiger partial charge in [-0.2, -0.15) is 0 Å². The lowest BCUT2D eigenvalue weighted by Gasteiger charge is -2.31. The Morgan fingerprint density at radius 2 is 1.61 bits per heavy atom. The Hall–Kier alpha value is -2.18. The average Bonchev–Trinajstić information content (AvgIpc) is 3.03. The van der Waals surface area contributed by atoms with E-state index in [0.29, 0.717) is 25.4 Å². The van der Waals surface area contributed by atoms with Gasteiger partial charge in [-0.15, -0.1) is 0 Å². The maximum absolute atomic E-state index is 12.3. The van der Waals surface area contributed by atoms with E-state index in [9.17, 15) is 19.2 Å². The van der Waals surface area contributed by atoms with Crippen molar-refractivity contribution in [2.75, 3.05) is 26.2 Å². The van der Waals surface area contributed by atoms with Crippen molar-refractivity contribution < 1.29 is 20.6 Å². The second kappa shape index (κ2) is 14.0. The van der Waals surface area contributed by atoms with Crippen molar-refractivity contribution in [1.82, 2.24) is 15.1 Å². The molecule has 0 unspecified atom stereocenters. The highest BCUT2D eigenvalue weighted by Gasteiger charge is 2.31. The number of carbonyl (C=O) groups excluding carboxylic acids is 4. The maximum atomic E-state index is 12.3. The van der Waals surface area contributed by atoms with Gasteiger partial charge in [0.15, 0.2) is 0 Å². The van der Waals surface area contributed by atoms with Crippen molar-refractivity contribution >= 4 is 23.6 Å². The van der Waals surface area contributed by atoms with Gasteiger partial charge in [-0.3, -0.25) is 24.1 Å². The van der Waals surface area contributed by atoms with Crippen LogP contribution in [0.3, 0.4) is 0 Å². The van der Waals surface area contributed by atoms with Crippen molar-refractivity contribution in [3.63, 3.8) is 0 Å². The number of hydrogen-bond donors (Lipinski definition) is 1. The zero-order chi connectivity index (χ0) is 21.9. The summed E-state index contributed by atoms with van der Waals surface area (Å²) in [6.07, 6.45) is 10.5. The lowest BCUT2D eigenvalue weighted by atomic mass is 9.81. The zero-order valence-corrected chi connectivity index (χ0v) is 18.5. The molecule has 0 aromatic rings. The summed E-state index contributed by atoms with van der Waals surface area (Å²) in [5.74, 6) is 0.256. The van der Waals surface area contributed by atoms with Gasteiger partial charge in [0.1, 0.15) is 0 Å². The summed E-state index contributed by atoms with van der Waals surface area (Å²) in [6.45, 7) is 6.96. The molecule has 31 heavy (non-hydrogen) atoms. The predicted octanol–water partition coefficient (Wildman–Crippen LogP) is 3.54. The minimum atomic E-state index is -0.226. The molecule has 3 rings (SSSR count). The van der Waals surface area contributed by atoms with Crippen molar-refractivity contribution in [3.8, 4) is 0 Å². The largest absolute Gasteiger partial charge is 0.356 e. The number of likely N-dealkylation sites (tertiary alicyclic amines) is 1. The van der Waals surface area contributed by atoms with E-state index in [0.717, 1.165) is 64.5 Å². The highest BCUT2D eigenvalue weighted by Crippen LogP contribution is 2.30. The molecule has 7 nitrogen and oxygen atoms in total. The molecule has 0 bridgehead atoms. The monoisotopic (exact) mass is 437 g/mol. The molecule has 1 aliphatic carbocycles. The van der Waals surface area contributed by atoms with Crippen LogP contribution < -0.4 is 5.32 Å². The fraction of sp³-hybridized carbons (Fsp3) is 0.750. The average molecular weight is 438 g/mol. The number of amides is 4. The van der Waals surface area contributed by atoms with Crippen LogP contribution in [0.25, 0.3) is 0 Å². The highest BCUT2D eigenvalue weighted by molar-refractivity contribution is 6.12. The van der Waals surface area contributed by atoms with E-state index in [1.54, 1.807) is 0 Å². The van der Waals surface area contributed by atoms with Gasteiger partial charge in [0.05, 0.1) is 0 Å². The van der Waals surface area contributed by atoms with Gasteiger partial charge >= 0.3 is 0 Å². The van der Waals surface area contributed by atoms with Gasteiger partial charge in [0.25, 0.3) is 11.8 Å². The molecule has 1 saturated carbocycles. The van der Waals surface area contributed by atoms with E-state index in [-0.39, 0.29) is 38.4 Å². The predicted molar refractivity (Wildman–Crippen MR) is 124 cm³/mol.